The zero-order valence-corrected chi connectivity index (χ0v) is 65.6. The fourth-order valence-corrected chi connectivity index (χ4v) is 21.9. The minimum atomic E-state index is 1.24. The van der Waals surface area contributed by atoms with Gasteiger partial charge >= 0.3 is 0 Å². The van der Waals surface area contributed by atoms with E-state index in [-0.39, 0.29) is 0 Å². The van der Waals surface area contributed by atoms with E-state index in [1.165, 1.54) is 214 Å². The summed E-state index contributed by atoms with van der Waals surface area (Å²) in [6.45, 7) is 8.84. The van der Waals surface area contributed by atoms with Gasteiger partial charge in [0, 0.05) is 103 Å². The topological polar surface area (TPSA) is 9.86 Å². The van der Waals surface area contributed by atoms with Crippen LogP contribution >= 0.6 is 45.3 Å². The van der Waals surface area contributed by atoms with Crippen molar-refractivity contribution in [3.05, 3.63) is 398 Å². The first-order valence-corrected chi connectivity index (χ1v) is 41.5. The van der Waals surface area contributed by atoms with Gasteiger partial charge in [0.1, 0.15) is 0 Å². The lowest BCUT2D eigenvalue weighted by molar-refractivity contribution is 1.18. The van der Waals surface area contributed by atoms with Gasteiger partial charge in [0.15, 0.2) is 0 Å². The molecule has 0 unspecified atom stereocenters. The second-order valence-corrected chi connectivity index (χ2v) is 33.2. The summed E-state index contributed by atoms with van der Waals surface area (Å²) in [5.74, 6) is 0. The van der Waals surface area contributed by atoms with Gasteiger partial charge in [-0.1, -0.05) is 322 Å². The third-order valence-corrected chi connectivity index (χ3v) is 27.7. The fourth-order valence-electron chi connectivity index (χ4n) is 16.8. The van der Waals surface area contributed by atoms with Crippen LogP contribution in [0.4, 0.5) is 0 Å². The SMILES string of the molecule is Cc1cc(-n2c3ccccc3c3ccccc32)cc2c1sc1ccccc12.Cc1cccc2c1sc1c(-c3ccc(-c4ccccc4)cc3)cccc12.Cc1cccc2c1sc1c(-c3cccc(-c4ccc(-c5ccccc5)cc4)c3)cccc12.Cc1cccc2c1sc1c(-n3c4ccccc4c4ccccc43)cccc12. The van der Waals surface area contributed by atoms with Crippen molar-refractivity contribution in [1.82, 2.24) is 9.13 Å². The normalized spacial score (nSPS) is 11.6. The minimum absolute atomic E-state index is 1.24. The largest absolute Gasteiger partial charge is 0.309 e. The molecule has 0 radical (unpaired) electrons. The maximum Gasteiger partial charge on any atom is 0.0640 e. The summed E-state index contributed by atoms with van der Waals surface area (Å²) in [7, 11) is 0. The summed E-state index contributed by atoms with van der Waals surface area (Å²) in [5, 5.41) is 16.1. The van der Waals surface area contributed by atoms with Crippen LogP contribution < -0.4 is 0 Å². The predicted octanol–water partition coefficient (Wildman–Crippen LogP) is 32.0. The smallest absolute Gasteiger partial charge is 0.0640 e. The zero-order chi connectivity index (χ0) is 74.9. The Kier molecular flexibility index (Phi) is 17.7. The number of hydrogen-bond acceptors (Lipinski definition) is 4. The first kappa shape index (κ1) is 68.5. The molecule has 23 rings (SSSR count). The molecule has 0 amide bonds. The number of hydrogen-bond donors (Lipinski definition) is 0. The third kappa shape index (κ3) is 12.1. The highest BCUT2D eigenvalue weighted by Gasteiger charge is 2.20. The van der Waals surface area contributed by atoms with E-state index >= 15 is 0 Å². The zero-order valence-electron chi connectivity index (χ0n) is 62.3. The van der Waals surface area contributed by atoms with E-state index < -0.39 is 0 Å². The molecule has 0 atom stereocenters. The number of nitrogens with zero attached hydrogens (tertiary/aromatic N) is 2. The van der Waals surface area contributed by atoms with Gasteiger partial charge in [0.05, 0.1) is 32.5 Å². The maximum absolute atomic E-state index is 2.43. The van der Waals surface area contributed by atoms with Gasteiger partial charge < -0.3 is 9.13 Å². The predicted molar refractivity (Wildman–Crippen MR) is 492 cm³/mol. The highest BCUT2D eigenvalue weighted by atomic mass is 32.1. The van der Waals surface area contributed by atoms with Crippen LogP contribution in [0.2, 0.25) is 0 Å². The second kappa shape index (κ2) is 28.9. The molecule has 6 aromatic heterocycles. The molecule has 6 heterocycles. The molecule has 17 aromatic carbocycles. The molecule has 2 nitrogen and oxygen atoms in total. The van der Waals surface area contributed by atoms with Gasteiger partial charge in [-0.3, -0.25) is 0 Å². The Morgan fingerprint density at radius 3 is 0.991 bits per heavy atom. The quantitative estimate of drug-likeness (QED) is 0.151. The highest BCUT2D eigenvalue weighted by molar-refractivity contribution is 7.27. The first-order valence-electron chi connectivity index (χ1n) is 38.3. The molecule has 532 valence electrons. The molecule has 112 heavy (non-hydrogen) atoms. The van der Waals surface area contributed by atoms with Crippen molar-refractivity contribution in [3.8, 4) is 67.0 Å². The van der Waals surface area contributed by atoms with E-state index in [2.05, 4.69) is 413 Å². The Bertz CT molecular complexity index is 7420. The average molecular weight is 1500 g/mol. The van der Waals surface area contributed by atoms with E-state index in [1.807, 2.05) is 45.3 Å². The van der Waals surface area contributed by atoms with E-state index in [4.69, 9.17) is 0 Å². The van der Waals surface area contributed by atoms with E-state index in [1.54, 1.807) is 0 Å². The highest BCUT2D eigenvalue weighted by Crippen LogP contribution is 2.47. The molecule has 0 N–H and O–H groups in total. The summed E-state index contributed by atoms with van der Waals surface area (Å²) in [5.41, 5.74) is 25.6. The number of aryl methyl sites for hydroxylation is 4. The van der Waals surface area contributed by atoms with E-state index in [0.29, 0.717) is 0 Å². The second-order valence-electron chi connectivity index (χ2n) is 29.1. The lowest BCUT2D eigenvalue weighted by atomic mass is 9.96. The number of fused-ring (bicyclic) bond motifs is 18. The molecule has 0 saturated heterocycles. The molecule has 0 saturated carbocycles. The third-order valence-electron chi connectivity index (χ3n) is 22.3. The molecule has 6 heteroatoms. The number of rotatable bonds is 7. The van der Waals surface area contributed by atoms with Crippen LogP contribution in [0.25, 0.3) is 191 Å². The maximum atomic E-state index is 2.43. The van der Waals surface area contributed by atoms with Gasteiger partial charge in [-0.2, -0.15) is 0 Å². The number of aromatic nitrogens is 2. The summed E-state index contributed by atoms with van der Waals surface area (Å²) in [4.78, 5) is 0. The Balaban J connectivity index is 0.0000000976. The van der Waals surface area contributed by atoms with Crippen molar-refractivity contribution in [3.63, 3.8) is 0 Å². The van der Waals surface area contributed by atoms with Crippen LogP contribution in [0.15, 0.2) is 376 Å². The van der Waals surface area contributed by atoms with Crippen molar-refractivity contribution in [2.45, 2.75) is 27.7 Å². The summed E-state index contributed by atoms with van der Waals surface area (Å²) in [6, 6.07) is 136. The standard InChI is InChI=1S/C31H22S.2C25H17NS.C25H18S/c1-21-8-5-14-28-29-15-7-13-27(31(29)32-30(21)28)26-12-6-11-25(20-26)24-18-16-23(17-19-24)22-9-3-2-4-10-22;1-16-14-17(15-21-20-10-4-7-13-24(20)27-25(16)21)26-22-11-5-2-8-18(22)19-9-3-6-12-23(19)26;1-16-8-6-11-19-20-12-7-15-23(25(20)27-24(16)19)26-21-13-4-2-9-17(21)18-10-3-5-14-22(18)26;1-17-7-5-11-22-23-12-6-10-21(25(23)26-24(17)22)20-15-13-19(14-16-20)18-8-3-2-4-9-18/h2-20H,1H3;2*2-15H,1H3;2-16H,1H3. The van der Waals surface area contributed by atoms with Crippen molar-refractivity contribution in [2.24, 2.45) is 0 Å². The Morgan fingerprint density at radius 2 is 0.500 bits per heavy atom. The van der Waals surface area contributed by atoms with E-state index in [9.17, 15) is 0 Å². The van der Waals surface area contributed by atoms with E-state index in [0.717, 1.165) is 0 Å². The number of thiophene rings is 4. The first-order chi connectivity index (χ1) is 55.2. The Hall–Kier alpha value is -12.8. The minimum Gasteiger partial charge on any atom is -0.309 e. The molecular weight excluding hydrogens is 1430 g/mol. The molecule has 23 aromatic rings. The average Bonchev–Trinajstić information content (AvgIpc) is 1.59. The molecule has 0 aliphatic carbocycles. The summed E-state index contributed by atoms with van der Waals surface area (Å²) in [6.07, 6.45) is 0. The van der Waals surface area contributed by atoms with Gasteiger partial charge in [-0.05, 0) is 160 Å². The molecule has 0 aliphatic rings. The molecule has 0 spiro atoms. The lowest BCUT2D eigenvalue weighted by Gasteiger charge is -2.10. The van der Waals surface area contributed by atoms with Crippen molar-refractivity contribution in [2.75, 3.05) is 0 Å². The molecule has 0 aliphatic heterocycles. The van der Waals surface area contributed by atoms with Crippen LogP contribution in [-0.4, -0.2) is 9.13 Å². The number of benzene rings is 17. The van der Waals surface area contributed by atoms with Gasteiger partial charge in [-0.15, -0.1) is 45.3 Å². The van der Waals surface area contributed by atoms with Gasteiger partial charge in [-0.25, -0.2) is 0 Å². The van der Waals surface area contributed by atoms with Crippen LogP contribution in [0, 0.1) is 27.7 Å². The van der Waals surface area contributed by atoms with Crippen LogP contribution in [0.3, 0.4) is 0 Å². The fraction of sp³-hybridized carbons (Fsp3) is 0.0377. The Morgan fingerprint density at radius 1 is 0.179 bits per heavy atom. The molecular formula is C106H74N2S4. The summed E-state index contributed by atoms with van der Waals surface area (Å²) < 4.78 is 15.9. The van der Waals surface area contributed by atoms with Crippen molar-refractivity contribution in [1.29, 1.82) is 0 Å². The number of para-hydroxylation sites is 4. The van der Waals surface area contributed by atoms with Crippen molar-refractivity contribution >= 4 is 170 Å². The molecule has 0 fully saturated rings. The van der Waals surface area contributed by atoms with Crippen LogP contribution in [-0.2, 0) is 0 Å². The Labute approximate surface area is 666 Å². The monoisotopic (exact) mass is 1500 g/mol. The summed E-state index contributed by atoms with van der Waals surface area (Å²) >= 11 is 7.62. The van der Waals surface area contributed by atoms with Gasteiger partial charge in [0.25, 0.3) is 0 Å². The lowest BCUT2D eigenvalue weighted by Crippen LogP contribution is -1.94. The molecule has 0 bridgehead atoms. The van der Waals surface area contributed by atoms with Gasteiger partial charge in [0.2, 0.25) is 0 Å². The van der Waals surface area contributed by atoms with Crippen molar-refractivity contribution < 1.29 is 0 Å². The van der Waals surface area contributed by atoms with Crippen LogP contribution in [0.5, 0.6) is 0 Å². The van der Waals surface area contributed by atoms with Crippen LogP contribution in [0.1, 0.15) is 22.3 Å².